The molecule has 1 aliphatic rings. The van der Waals surface area contributed by atoms with Gasteiger partial charge in [0.25, 0.3) is 0 Å². The molecule has 0 unspecified atom stereocenters. The van der Waals surface area contributed by atoms with Crippen LogP contribution in [0.1, 0.15) is 54.6 Å². The number of rotatable bonds is 3. The van der Waals surface area contributed by atoms with E-state index in [0.29, 0.717) is 5.92 Å². The van der Waals surface area contributed by atoms with Crippen molar-refractivity contribution in [2.24, 2.45) is 0 Å². The molecule has 1 fully saturated rings. The lowest BCUT2D eigenvalue weighted by atomic mass is 9.89. The van der Waals surface area contributed by atoms with Gasteiger partial charge in [0.1, 0.15) is 10.8 Å². The maximum absolute atomic E-state index is 5.28. The minimum atomic E-state index is 0.512. The zero-order valence-electron chi connectivity index (χ0n) is 11.6. The number of aromatic nitrogens is 4. The van der Waals surface area contributed by atoms with Gasteiger partial charge in [-0.15, -0.1) is 10.2 Å². The van der Waals surface area contributed by atoms with Crippen molar-refractivity contribution in [1.29, 1.82) is 0 Å². The summed E-state index contributed by atoms with van der Waals surface area (Å²) in [5, 5.41) is 14.2. The Morgan fingerprint density at radius 2 is 2.10 bits per heavy atom. The van der Waals surface area contributed by atoms with Gasteiger partial charge in [-0.25, -0.2) is 0 Å². The van der Waals surface area contributed by atoms with Crippen molar-refractivity contribution >= 4 is 28.4 Å². The Bertz CT molecular complexity index is 750. The summed E-state index contributed by atoms with van der Waals surface area (Å²) in [6.07, 6.45) is 11.9. The van der Waals surface area contributed by atoms with Crippen LogP contribution in [0.3, 0.4) is 0 Å². The van der Waals surface area contributed by atoms with Gasteiger partial charge in [-0.1, -0.05) is 30.6 Å². The molecule has 0 saturated heterocycles. The zero-order valence-corrected chi connectivity index (χ0v) is 12.4. The van der Waals surface area contributed by atoms with Crippen molar-refractivity contribution in [1.82, 2.24) is 19.8 Å². The number of hydrogen-bond acceptors (Lipinski definition) is 5. The van der Waals surface area contributed by atoms with E-state index in [0.717, 1.165) is 21.6 Å². The van der Waals surface area contributed by atoms with Crippen molar-refractivity contribution in [3.63, 3.8) is 0 Å². The summed E-state index contributed by atoms with van der Waals surface area (Å²) in [5.74, 6) is 2.37. The molecule has 0 bridgehead atoms. The van der Waals surface area contributed by atoms with Gasteiger partial charge in [0.2, 0.25) is 4.96 Å². The van der Waals surface area contributed by atoms with Crippen molar-refractivity contribution in [3.05, 3.63) is 35.0 Å². The Morgan fingerprint density at radius 3 is 2.90 bits per heavy atom. The van der Waals surface area contributed by atoms with Gasteiger partial charge >= 0.3 is 0 Å². The Hall–Kier alpha value is -1.95. The number of hydrogen-bond donors (Lipinski definition) is 0. The number of fused-ring (bicyclic) bond motifs is 1. The van der Waals surface area contributed by atoms with Crippen LogP contribution in [0.4, 0.5) is 0 Å². The third-order valence-corrected chi connectivity index (χ3v) is 4.80. The first-order valence-electron chi connectivity index (χ1n) is 7.34. The van der Waals surface area contributed by atoms with E-state index in [2.05, 4.69) is 15.3 Å². The molecule has 0 aromatic carbocycles. The average Bonchev–Trinajstić information content (AvgIpc) is 3.22. The number of furan rings is 1. The molecule has 108 valence electrons. The summed E-state index contributed by atoms with van der Waals surface area (Å²) in [5.41, 5.74) is 0. The Kier molecular flexibility index (Phi) is 3.31. The molecular formula is C15H16N4OS. The lowest BCUT2D eigenvalue weighted by Crippen LogP contribution is -2.09. The van der Waals surface area contributed by atoms with Gasteiger partial charge in [-0.05, 0) is 37.1 Å². The van der Waals surface area contributed by atoms with E-state index >= 15 is 0 Å². The predicted octanol–water partition coefficient (Wildman–Crippen LogP) is 4.00. The van der Waals surface area contributed by atoms with E-state index in [4.69, 9.17) is 4.42 Å². The minimum Gasteiger partial charge on any atom is -0.465 e. The highest BCUT2D eigenvalue weighted by atomic mass is 32.1. The third-order valence-electron chi connectivity index (χ3n) is 3.93. The maximum Gasteiger partial charge on any atom is 0.234 e. The van der Waals surface area contributed by atoms with Crippen LogP contribution in [-0.2, 0) is 0 Å². The Balaban J connectivity index is 1.62. The van der Waals surface area contributed by atoms with E-state index < -0.39 is 0 Å². The van der Waals surface area contributed by atoms with Crippen LogP contribution in [0.15, 0.2) is 22.8 Å². The van der Waals surface area contributed by atoms with Crippen LogP contribution in [0, 0.1) is 0 Å². The highest BCUT2D eigenvalue weighted by molar-refractivity contribution is 7.17. The van der Waals surface area contributed by atoms with Crippen molar-refractivity contribution in [3.8, 4) is 0 Å². The summed E-state index contributed by atoms with van der Waals surface area (Å²) in [7, 11) is 0. The van der Waals surface area contributed by atoms with Gasteiger partial charge in [-0.3, -0.25) is 0 Å². The Labute approximate surface area is 126 Å². The zero-order chi connectivity index (χ0) is 14.1. The summed E-state index contributed by atoms with van der Waals surface area (Å²) in [6, 6.07) is 3.80. The monoisotopic (exact) mass is 300 g/mol. The van der Waals surface area contributed by atoms with E-state index in [1.807, 2.05) is 28.8 Å². The fourth-order valence-corrected chi connectivity index (χ4v) is 3.62. The van der Waals surface area contributed by atoms with E-state index in [1.165, 1.54) is 32.1 Å². The number of nitrogens with zero attached hydrogens (tertiary/aromatic N) is 4. The first kappa shape index (κ1) is 12.8. The second-order valence-electron chi connectivity index (χ2n) is 5.38. The second kappa shape index (κ2) is 5.44. The molecular weight excluding hydrogens is 284 g/mol. The predicted molar refractivity (Wildman–Crippen MR) is 82.1 cm³/mol. The van der Waals surface area contributed by atoms with Gasteiger partial charge in [-0.2, -0.15) is 9.61 Å². The van der Waals surface area contributed by atoms with E-state index in [-0.39, 0.29) is 0 Å². The minimum absolute atomic E-state index is 0.512. The van der Waals surface area contributed by atoms with Crippen molar-refractivity contribution in [2.75, 3.05) is 0 Å². The summed E-state index contributed by atoms with van der Waals surface area (Å²) < 4.78 is 7.20. The van der Waals surface area contributed by atoms with E-state index in [1.54, 1.807) is 17.6 Å². The summed E-state index contributed by atoms with van der Waals surface area (Å²) in [4.78, 5) is 0.870. The van der Waals surface area contributed by atoms with Crippen LogP contribution in [-0.4, -0.2) is 19.8 Å². The SMILES string of the molecule is C(=C\c1nn2c(C3CCCCC3)nnc2s1)/c1ccco1. The largest absolute Gasteiger partial charge is 0.465 e. The average molecular weight is 300 g/mol. The van der Waals surface area contributed by atoms with Crippen molar-refractivity contribution in [2.45, 2.75) is 38.0 Å². The highest BCUT2D eigenvalue weighted by Gasteiger charge is 2.22. The molecule has 0 spiro atoms. The first-order chi connectivity index (χ1) is 10.4. The molecule has 0 N–H and O–H groups in total. The molecule has 3 aromatic rings. The molecule has 5 nitrogen and oxygen atoms in total. The molecule has 0 atom stereocenters. The molecule has 1 saturated carbocycles. The second-order valence-corrected chi connectivity index (χ2v) is 6.36. The standard InChI is InChI=1S/C15H16N4OS/c1-2-5-11(6-3-1)14-16-17-15-19(14)18-13(21-15)9-8-12-7-4-10-20-12/h4,7-11H,1-3,5-6H2/b9-8+. The smallest absolute Gasteiger partial charge is 0.234 e. The van der Waals surface area contributed by atoms with Crippen LogP contribution in [0.25, 0.3) is 17.1 Å². The van der Waals surface area contributed by atoms with Crippen molar-refractivity contribution < 1.29 is 4.42 Å². The Morgan fingerprint density at radius 1 is 1.19 bits per heavy atom. The molecule has 0 aliphatic heterocycles. The molecule has 21 heavy (non-hydrogen) atoms. The lowest BCUT2D eigenvalue weighted by molar-refractivity contribution is 0.423. The quantitative estimate of drug-likeness (QED) is 0.733. The maximum atomic E-state index is 5.28. The molecule has 6 heteroatoms. The van der Waals surface area contributed by atoms with E-state index in [9.17, 15) is 0 Å². The molecule has 0 radical (unpaired) electrons. The first-order valence-corrected chi connectivity index (χ1v) is 8.15. The topological polar surface area (TPSA) is 56.2 Å². The summed E-state index contributed by atoms with van der Waals surface area (Å²) in [6.45, 7) is 0. The fourth-order valence-electron chi connectivity index (χ4n) is 2.87. The molecule has 3 aromatic heterocycles. The third kappa shape index (κ3) is 2.51. The normalized spacial score (nSPS) is 17.1. The molecule has 3 heterocycles. The highest BCUT2D eigenvalue weighted by Crippen LogP contribution is 2.32. The van der Waals surface area contributed by atoms with Gasteiger partial charge in [0.15, 0.2) is 5.82 Å². The van der Waals surface area contributed by atoms with Gasteiger partial charge < -0.3 is 4.42 Å². The molecule has 1 aliphatic carbocycles. The van der Waals surface area contributed by atoms with Gasteiger partial charge in [0, 0.05) is 5.92 Å². The van der Waals surface area contributed by atoms with Gasteiger partial charge in [0.05, 0.1) is 6.26 Å². The summed E-state index contributed by atoms with van der Waals surface area (Å²) >= 11 is 1.55. The van der Waals surface area contributed by atoms with Crippen LogP contribution >= 0.6 is 11.3 Å². The van der Waals surface area contributed by atoms with Crippen LogP contribution < -0.4 is 0 Å². The molecule has 0 amide bonds. The van der Waals surface area contributed by atoms with Crippen LogP contribution in [0.2, 0.25) is 0 Å². The van der Waals surface area contributed by atoms with Crippen LogP contribution in [0.5, 0.6) is 0 Å². The lowest BCUT2D eigenvalue weighted by Gasteiger charge is -2.18. The molecule has 4 rings (SSSR count). The fraction of sp³-hybridized carbons (Fsp3) is 0.400.